The molecule has 19 heteroatoms. The van der Waals surface area contributed by atoms with Crippen LogP contribution in [-0.4, -0.2) is 35.5 Å². The summed E-state index contributed by atoms with van der Waals surface area (Å²) < 4.78 is 209. The van der Waals surface area contributed by atoms with E-state index in [-0.39, 0.29) is 18.9 Å². The molecule has 0 bridgehead atoms. The first-order chi connectivity index (χ1) is 9.82. The third-order valence-electron chi connectivity index (χ3n) is 2.72. The largest absolute Gasteiger partial charge is 1.00 e. The number of rotatable bonds is 3. The summed E-state index contributed by atoms with van der Waals surface area (Å²) in [4.78, 5) is 0. The van der Waals surface area contributed by atoms with Crippen molar-refractivity contribution in [1.29, 1.82) is 0 Å². The van der Waals surface area contributed by atoms with E-state index in [4.69, 9.17) is 0 Å². The summed E-state index contributed by atoms with van der Waals surface area (Å²) in [6.07, 6.45) is -24.9. The molecule has 0 atom stereocenters. The van der Waals surface area contributed by atoms with Crippen LogP contribution in [0.15, 0.2) is 0 Å². The summed E-state index contributed by atoms with van der Waals surface area (Å²) in [6, 6.07) is 0. The third-order valence-corrected chi connectivity index (χ3v) is 6.88. The van der Waals surface area contributed by atoms with E-state index >= 15 is 0 Å². The van der Waals surface area contributed by atoms with Crippen LogP contribution in [0.1, 0.15) is 0 Å². The minimum Gasteiger partial charge on any atom is 1.00 e. The van der Waals surface area contributed by atoms with Gasteiger partial charge in [-0.05, 0) is 0 Å². The van der Waals surface area contributed by atoms with Gasteiger partial charge in [-0.25, -0.2) is 0 Å². The first kappa shape index (κ1) is 27.1. The topological polar surface area (TPSA) is 0 Å². The Morgan fingerprint density at radius 2 is 0.480 bits per heavy atom. The predicted molar refractivity (Wildman–Crippen MR) is 43.5 cm³/mol. The molecule has 0 spiro atoms. The molecule has 0 aromatic heterocycles. The van der Waals surface area contributed by atoms with Crippen LogP contribution in [0.5, 0.6) is 0 Å². The maximum Gasteiger partial charge on any atom is 1.00 e. The molecule has 0 radical (unpaired) electrons. The SMILES string of the molecule is FC(F)(F)C(F)(F)[PH-](F)(F)(C(F)(F)C(F)(F)F)C(F)(F)C(F)(F)F.[Li+]. The fourth-order valence-corrected chi connectivity index (χ4v) is 4.01. The van der Waals surface area contributed by atoms with Crippen molar-refractivity contribution in [1.82, 2.24) is 0 Å². The number of hydrogen-bond acceptors (Lipinski definition) is 0. The Morgan fingerprint density at radius 1 is 0.360 bits per heavy atom. The molecule has 0 amide bonds. The Labute approximate surface area is 137 Å². The smallest absolute Gasteiger partial charge is 1.00 e. The normalized spacial score (nSPS) is 17.6. The minimum absolute atomic E-state index is 0. The van der Waals surface area contributed by atoms with Gasteiger partial charge in [0.15, 0.2) is 0 Å². The van der Waals surface area contributed by atoms with Gasteiger partial charge in [0.2, 0.25) is 0 Å². The van der Waals surface area contributed by atoms with Crippen LogP contribution in [0.2, 0.25) is 0 Å². The van der Waals surface area contributed by atoms with Gasteiger partial charge >= 0.3 is 136 Å². The average Bonchev–Trinajstić information content (AvgIpc) is 2.23. The fraction of sp³-hybridized carbons (Fsp3) is 1.00. The van der Waals surface area contributed by atoms with Crippen LogP contribution in [0.4, 0.5) is 74.3 Å². The second-order valence-corrected chi connectivity index (χ2v) is 8.14. The molecule has 0 aromatic rings. The molecule has 0 aliphatic carbocycles. The van der Waals surface area contributed by atoms with E-state index in [0.29, 0.717) is 0 Å². The first-order valence-corrected chi connectivity index (χ1v) is 6.97. The van der Waals surface area contributed by atoms with Gasteiger partial charge in [-0.1, -0.05) is 0 Å². The van der Waals surface area contributed by atoms with Crippen molar-refractivity contribution in [2.75, 3.05) is 0 Å². The van der Waals surface area contributed by atoms with Gasteiger partial charge in [0, 0.05) is 0 Å². The van der Waals surface area contributed by atoms with E-state index in [2.05, 4.69) is 0 Å². The maximum atomic E-state index is 13.4. The van der Waals surface area contributed by atoms with E-state index in [1.54, 1.807) is 0 Å². The second-order valence-electron chi connectivity index (χ2n) is 4.23. The van der Waals surface area contributed by atoms with Gasteiger partial charge in [0.25, 0.3) is 0 Å². The molecule has 0 saturated carbocycles. The van der Waals surface area contributed by atoms with E-state index in [1.165, 1.54) is 0 Å². The number of halogens is 17. The van der Waals surface area contributed by atoms with Crippen LogP contribution < -0.4 is 18.9 Å². The molecule has 0 saturated heterocycles. The summed E-state index contributed by atoms with van der Waals surface area (Å²) >= 11 is 0. The molecule has 0 aliphatic heterocycles. The molecule has 0 unspecified atom stereocenters. The van der Waals surface area contributed by atoms with E-state index in [9.17, 15) is 74.3 Å². The molecule has 0 nitrogen and oxygen atoms in total. The molecule has 0 aliphatic rings. The Kier molecular flexibility index (Phi) is 6.40. The van der Waals surface area contributed by atoms with Crippen LogP contribution in [-0.2, 0) is 0 Å². The van der Waals surface area contributed by atoms with Crippen LogP contribution in [0.3, 0.4) is 0 Å². The molecule has 0 fully saturated rings. The van der Waals surface area contributed by atoms with Crippen molar-refractivity contribution >= 4 is 7.22 Å². The summed E-state index contributed by atoms with van der Waals surface area (Å²) in [5.41, 5.74) is -27.0. The third kappa shape index (κ3) is 2.88. The maximum absolute atomic E-state index is 13.4. The first-order valence-electron chi connectivity index (χ1n) is 4.71. The zero-order chi connectivity index (χ0) is 20.4. The zero-order valence-corrected chi connectivity index (χ0v) is 11.9. The molecule has 25 heavy (non-hydrogen) atoms. The van der Waals surface area contributed by atoms with Crippen LogP contribution in [0.25, 0.3) is 0 Å². The summed E-state index contributed by atoms with van der Waals surface area (Å²) in [5, 5.41) is 0. The molecule has 0 heterocycles. The molecular formula is C6HF17LiP. The Balaban J connectivity index is 0. The fourth-order valence-electron chi connectivity index (χ4n) is 1.34. The zero-order valence-electron chi connectivity index (χ0n) is 10.9. The van der Waals surface area contributed by atoms with Gasteiger partial charge in [0.05, 0.1) is 0 Å². The molecule has 0 aromatic carbocycles. The van der Waals surface area contributed by atoms with Crippen LogP contribution in [0, 0.1) is 0 Å². The Morgan fingerprint density at radius 3 is 0.560 bits per heavy atom. The Hall–Kier alpha value is -0.163. The predicted octanol–water partition coefficient (Wildman–Crippen LogP) is 3.51. The molecule has 0 rings (SSSR count). The van der Waals surface area contributed by atoms with Gasteiger partial charge in [-0.2, -0.15) is 0 Å². The van der Waals surface area contributed by atoms with Gasteiger partial charge in [-0.15, -0.1) is 0 Å². The van der Waals surface area contributed by atoms with Crippen molar-refractivity contribution in [2.45, 2.75) is 35.5 Å². The van der Waals surface area contributed by atoms with E-state index < -0.39 is 42.7 Å². The van der Waals surface area contributed by atoms with Crippen molar-refractivity contribution in [3.05, 3.63) is 0 Å². The average molecular weight is 434 g/mol. The van der Waals surface area contributed by atoms with Gasteiger partial charge in [0.1, 0.15) is 0 Å². The van der Waals surface area contributed by atoms with E-state index in [1.807, 2.05) is 0 Å². The van der Waals surface area contributed by atoms with Crippen molar-refractivity contribution in [2.24, 2.45) is 0 Å². The second kappa shape index (κ2) is 5.92. The van der Waals surface area contributed by atoms with Gasteiger partial charge < -0.3 is 0 Å². The summed E-state index contributed by atoms with van der Waals surface area (Å²) in [6.45, 7) is 0. The summed E-state index contributed by atoms with van der Waals surface area (Å²) in [5.74, 6) is 0. The van der Waals surface area contributed by atoms with Crippen molar-refractivity contribution in [3.8, 4) is 0 Å². The molecule has 0 N–H and O–H groups in total. The van der Waals surface area contributed by atoms with Crippen LogP contribution >= 0.6 is 7.22 Å². The quantitative estimate of drug-likeness (QED) is 0.363. The minimum atomic E-state index is -13.1. The standard InChI is InChI=1S/C6HF17P.Li/c7-1(8,9)4(16,17)24(22,23,5(18,19)2(10,11)12)6(20,21)3(13,14)15;/h24H;/q-1;+1. The molecular weight excluding hydrogens is 433 g/mol. The molecule has 150 valence electrons. The van der Waals surface area contributed by atoms with Crippen molar-refractivity contribution in [3.63, 3.8) is 0 Å². The van der Waals surface area contributed by atoms with Gasteiger partial charge in [-0.3, -0.25) is 0 Å². The number of hydrogen-bond donors (Lipinski definition) is 0. The summed E-state index contributed by atoms with van der Waals surface area (Å²) in [7, 11) is -13.1. The number of alkyl halides is 15. The van der Waals surface area contributed by atoms with Crippen molar-refractivity contribution < 1.29 is 93.1 Å². The monoisotopic (exact) mass is 434 g/mol. The Bertz CT molecular complexity index is 421. The van der Waals surface area contributed by atoms with E-state index in [0.717, 1.165) is 0 Å².